The lowest BCUT2D eigenvalue weighted by Crippen LogP contribution is -2.30. The van der Waals surface area contributed by atoms with Gasteiger partial charge in [-0.05, 0) is 42.3 Å². The van der Waals surface area contributed by atoms with Crippen molar-refractivity contribution < 1.29 is 14.4 Å². The summed E-state index contributed by atoms with van der Waals surface area (Å²) in [6.07, 6.45) is 0. The standard InChI is InChI=1S/C19H18BrN3O3/c1-12(14-6-8-16(20)9-7-14)22-18(25)15-4-2-13(3-5-15)11-23-17(24)10-21-19(23)26/h2-9,12H,10-11H2,1H3,(H,21,26)(H,22,25). The predicted octanol–water partition coefficient (Wildman–Crippen LogP) is 2.99. The molecule has 1 aliphatic heterocycles. The molecule has 1 heterocycles. The smallest absolute Gasteiger partial charge is 0.324 e. The molecule has 1 unspecified atom stereocenters. The number of halogens is 1. The first-order valence-corrected chi connectivity index (χ1v) is 8.97. The molecule has 0 aromatic heterocycles. The van der Waals surface area contributed by atoms with Crippen LogP contribution >= 0.6 is 15.9 Å². The molecule has 0 spiro atoms. The third kappa shape index (κ3) is 4.11. The predicted molar refractivity (Wildman–Crippen MR) is 100 cm³/mol. The van der Waals surface area contributed by atoms with Crippen molar-refractivity contribution in [2.75, 3.05) is 6.54 Å². The van der Waals surface area contributed by atoms with Gasteiger partial charge in [0.05, 0.1) is 19.1 Å². The Morgan fingerprint density at radius 1 is 1.15 bits per heavy atom. The molecular formula is C19H18BrN3O3. The van der Waals surface area contributed by atoms with E-state index < -0.39 is 0 Å². The van der Waals surface area contributed by atoms with Crippen molar-refractivity contribution in [3.63, 3.8) is 0 Å². The summed E-state index contributed by atoms with van der Waals surface area (Å²) in [5.74, 6) is -0.429. The van der Waals surface area contributed by atoms with Gasteiger partial charge in [-0.1, -0.05) is 40.2 Å². The highest BCUT2D eigenvalue weighted by atomic mass is 79.9. The molecule has 1 aliphatic rings. The van der Waals surface area contributed by atoms with Crippen molar-refractivity contribution in [3.05, 3.63) is 69.7 Å². The highest BCUT2D eigenvalue weighted by Crippen LogP contribution is 2.17. The molecule has 26 heavy (non-hydrogen) atoms. The van der Waals surface area contributed by atoms with Gasteiger partial charge < -0.3 is 10.6 Å². The van der Waals surface area contributed by atoms with Crippen molar-refractivity contribution in [2.24, 2.45) is 0 Å². The van der Waals surface area contributed by atoms with E-state index in [-0.39, 0.29) is 37.0 Å². The number of nitrogens with one attached hydrogen (secondary N) is 2. The van der Waals surface area contributed by atoms with E-state index in [0.717, 1.165) is 20.5 Å². The van der Waals surface area contributed by atoms with Crippen molar-refractivity contribution in [1.82, 2.24) is 15.5 Å². The molecule has 1 saturated heterocycles. The molecule has 2 aromatic rings. The number of benzene rings is 2. The number of carbonyl (C=O) groups is 3. The Morgan fingerprint density at radius 3 is 2.38 bits per heavy atom. The van der Waals surface area contributed by atoms with Crippen LogP contribution in [0.25, 0.3) is 0 Å². The average molecular weight is 416 g/mol. The molecule has 0 radical (unpaired) electrons. The van der Waals surface area contributed by atoms with Crippen molar-refractivity contribution >= 4 is 33.8 Å². The SMILES string of the molecule is CC(NC(=O)c1ccc(CN2C(=O)CNC2=O)cc1)c1ccc(Br)cc1. The number of hydrogen-bond donors (Lipinski definition) is 2. The Balaban J connectivity index is 1.62. The van der Waals surface area contributed by atoms with Gasteiger partial charge in [-0.25, -0.2) is 4.79 Å². The van der Waals surface area contributed by atoms with Crippen LogP contribution in [0.1, 0.15) is 34.5 Å². The monoisotopic (exact) mass is 415 g/mol. The zero-order valence-corrected chi connectivity index (χ0v) is 15.7. The molecule has 1 fully saturated rings. The maximum atomic E-state index is 12.4. The summed E-state index contributed by atoms with van der Waals surface area (Å²) in [6, 6.07) is 14.1. The van der Waals surface area contributed by atoms with E-state index in [9.17, 15) is 14.4 Å². The zero-order chi connectivity index (χ0) is 18.7. The maximum absolute atomic E-state index is 12.4. The van der Waals surface area contributed by atoms with Crippen LogP contribution in [0.15, 0.2) is 53.0 Å². The number of urea groups is 1. The number of amides is 4. The van der Waals surface area contributed by atoms with Gasteiger partial charge in [-0.15, -0.1) is 0 Å². The van der Waals surface area contributed by atoms with Crippen LogP contribution in [-0.2, 0) is 11.3 Å². The summed E-state index contributed by atoms with van der Waals surface area (Å²) in [7, 11) is 0. The van der Waals surface area contributed by atoms with Crippen molar-refractivity contribution in [1.29, 1.82) is 0 Å². The van der Waals surface area contributed by atoms with Gasteiger partial charge in [0.25, 0.3) is 5.91 Å². The summed E-state index contributed by atoms with van der Waals surface area (Å²) in [5, 5.41) is 5.44. The lowest BCUT2D eigenvalue weighted by Gasteiger charge is -2.15. The van der Waals surface area contributed by atoms with Crippen molar-refractivity contribution in [3.8, 4) is 0 Å². The van der Waals surface area contributed by atoms with Crippen molar-refractivity contribution in [2.45, 2.75) is 19.5 Å². The van der Waals surface area contributed by atoms with E-state index >= 15 is 0 Å². The average Bonchev–Trinajstić information content (AvgIpc) is 2.94. The molecule has 6 nitrogen and oxygen atoms in total. The van der Waals surface area contributed by atoms with Crippen LogP contribution in [0, 0.1) is 0 Å². The first-order chi connectivity index (χ1) is 12.4. The topological polar surface area (TPSA) is 78.5 Å². The molecule has 1 atom stereocenters. The largest absolute Gasteiger partial charge is 0.346 e. The molecule has 134 valence electrons. The highest BCUT2D eigenvalue weighted by molar-refractivity contribution is 9.10. The Labute approximate surface area is 159 Å². The van der Waals surface area contributed by atoms with Gasteiger partial charge in [0.15, 0.2) is 0 Å². The summed E-state index contributed by atoms with van der Waals surface area (Å²) in [6.45, 7) is 2.15. The van der Waals surface area contributed by atoms with Gasteiger partial charge in [0.1, 0.15) is 0 Å². The Hall–Kier alpha value is -2.67. The van der Waals surface area contributed by atoms with Crippen LogP contribution < -0.4 is 10.6 Å². The first kappa shape index (κ1) is 18.1. The minimum Gasteiger partial charge on any atom is -0.346 e. The normalized spacial score (nSPS) is 14.9. The fraction of sp³-hybridized carbons (Fsp3) is 0.211. The second kappa shape index (κ2) is 7.70. The molecule has 0 aliphatic carbocycles. The summed E-state index contributed by atoms with van der Waals surface area (Å²) in [5.41, 5.74) is 2.32. The van der Waals surface area contributed by atoms with E-state index in [4.69, 9.17) is 0 Å². The molecule has 0 saturated carbocycles. The fourth-order valence-corrected chi connectivity index (χ4v) is 2.94. The molecule has 4 amide bonds. The quantitative estimate of drug-likeness (QED) is 0.736. The highest BCUT2D eigenvalue weighted by Gasteiger charge is 2.28. The minimum atomic E-state index is -0.389. The van der Waals surface area contributed by atoms with Crippen LogP contribution in [0.5, 0.6) is 0 Å². The van der Waals surface area contributed by atoms with Crippen LogP contribution in [0.4, 0.5) is 4.79 Å². The summed E-state index contributed by atoms with van der Waals surface area (Å²) in [4.78, 5) is 36.7. The van der Waals surface area contributed by atoms with Gasteiger partial charge in [0.2, 0.25) is 5.91 Å². The second-order valence-corrected chi connectivity index (χ2v) is 7.00. The number of imide groups is 1. The third-order valence-corrected chi connectivity index (χ3v) is 4.74. The van der Waals surface area contributed by atoms with E-state index in [2.05, 4.69) is 26.6 Å². The molecule has 3 rings (SSSR count). The minimum absolute atomic E-state index is 0.0350. The molecule has 2 N–H and O–H groups in total. The maximum Gasteiger partial charge on any atom is 0.324 e. The summed E-state index contributed by atoms with van der Waals surface area (Å²) < 4.78 is 0.987. The molecule has 0 bridgehead atoms. The van der Waals surface area contributed by atoms with E-state index in [1.807, 2.05) is 31.2 Å². The number of nitrogens with zero attached hydrogens (tertiary/aromatic N) is 1. The molecular weight excluding hydrogens is 398 g/mol. The van der Waals surface area contributed by atoms with Gasteiger partial charge >= 0.3 is 6.03 Å². The third-order valence-electron chi connectivity index (χ3n) is 4.21. The van der Waals surface area contributed by atoms with Gasteiger partial charge in [-0.2, -0.15) is 0 Å². The van der Waals surface area contributed by atoms with Crippen LogP contribution in [-0.4, -0.2) is 29.3 Å². The lowest BCUT2D eigenvalue weighted by molar-refractivity contribution is -0.125. The number of hydrogen-bond acceptors (Lipinski definition) is 3. The molecule has 2 aromatic carbocycles. The van der Waals surface area contributed by atoms with E-state index in [0.29, 0.717) is 5.56 Å². The van der Waals surface area contributed by atoms with Gasteiger partial charge in [-0.3, -0.25) is 14.5 Å². The number of rotatable bonds is 5. The van der Waals surface area contributed by atoms with Crippen LogP contribution in [0.2, 0.25) is 0 Å². The Morgan fingerprint density at radius 2 is 1.81 bits per heavy atom. The van der Waals surface area contributed by atoms with Crippen LogP contribution in [0.3, 0.4) is 0 Å². The fourth-order valence-electron chi connectivity index (χ4n) is 2.67. The number of carbonyl (C=O) groups excluding carboxylic acids is 3. The Kier molecular flexibility index (Phi) is 5.37. The lowest BCUT2D eigenvalue weighted by atomic mass is 10.1. The molecule has 7 heteroatoms. The Bertz CT molecular complexity index is 818. The van der Waals surface area contributed by atoms with E-state index in [1.54, 1.807) is 24.3 Å². The zero-order valence-electron chi connectivity index (χ0n) is 14.2. The summed E-state index contributed by atoms with van der Waals surface area (Å²) >= 11 is 3.39. The second-order valence-electron chi connectivity index (χ2n) is 6.08. The van der Waals surface area contributed by atoms with Gasteiger partial charge in [0, 0.05) is 10.0 Å². The van der Waals surface area contributed by atoms with E-state index in [1.165, 1.54) is 0 Å². The first-order valence-electron chi connectivity index (χ1n) is 8.17.